The maximum Gasteiger partial charge on any atom is 0.200 e. The summed E-state index contributed by atoms with van der Waals surface area (Å²) in [6.45, 7) is 20.2. The van der Waals surface area contributed by atoms with Gasteiger partial charge in [-0.05, 0) is 34.3 Å². The van der Waals surface area contributed by atoms with Crippen LogP contribution >= 0.6 is 0 Å². The Labute approximate surface area is 196 Å². The highest BCUT2D eigenvalue weighted by molar-refractivity contribution is 6.91. The van der Waals surface area contributed by atoms with Crippen molar-refractivity contribution < 1.29 is 22.0 Å². The van der Waals surface area contributed by atoms with Crippen molar-refractivity contribution in [1.82, 2.24) is 0 Å². The van der Waals surface area contributed by atoms with Crippen LogP contribution in [0.4, 0.5) is 22.0 Å². The van der Waals surface area contributed by atoms with E-state index in [0.717, 1.165) is 5.20 Å². The quantitative estimate of drug-likeness (QED) is 0.125. The molecule has 6 atom stereocenters. The molecule has 0 aliphatic heterocycles. The number of hydrogen-bond donors (Lipinski definition) is 0. The molecule has 8 heteroatoms. The maximum absolute atomic E-state index is 15.6. The molecule has 6 bridgehead atoms. The van der Waals surface area contributed by atoms with Crippen molar-refractivity contribution in [2.75, 3.05) is 0 Å². The van der Waals surface area contributed by atoms with Crippen molar-refractivity contribution in [2.45, 2.75) is 69.0 Å². The summed E-state index contributed by atoms with van der Waals surface area (Å²) >= 11 is 0. The molecular weight excluding hydrogens is 480 g/mol. The minimum atomic E-state index is -2.27. The van der Waals surface area contributed by atoms with Gasteiger partial charge in [-0.15, -0.1) is 0 Å². The second-order valence-electron chi connectivity index (χ2n) is 13.6. The summed E-state index contributed by atoms with van der Waals surface area (Å²) < 4.78 is 74.4. The molecular formula is C25H33F5Si3. The molecule has 5 aliphatic carbocycles. The van der Waals surface area contributed by atoms with Gasteiger partial charge in [-0.1, -0.05) is 76.3 Å². The van der Waals surface area contributed by atoms with Crippen molar-refractivity contribution in [3.63, 3.8) is 0 Å². The zero-order valence-electron chi connectivity index (χ0n) is 20.9. The molecule has 2 saturated carbocycles. The predicted octanol–water partition coefficient (Wildman–Crippen LogP) is 8.25. The largest absolute Gasteiger partial charge is 0.203 e. The summed E-state index contributed by atoms with van der Waals surface area (Å²) in [6.07, 6.45) is 4.58. The highest BCUT2D eigenvalue weighted by Gasteiger charge is 2.92. The molecule has 0 N–H and O–H groups in total. The van der Waals surface area contributed by atoms with Gasteiger partial charge in [0.05, 0.1) is 29.8 Å². The standard InChI is InChI=1S/C25H33F5Si3/c1-31(2,3)23-14-12-10-11-13-16(14)25(13,33(7,8)9)24(12,32(4,5)6)17(23)15-18(26)20(28)22(30)21(29)19(15)27/h10-14,16H,1-9H3/t12?,13?,14?,16?,24-,25?/m0/s1. The fraction of sp³-hybridized carbons (Fsp3) is 0.600. The Bertz CT molecular complexity index is 1140. The van der Waals surface area contributed by atoms with Crippen LogP contribution in [0.2, 0.25) is 69.0 Å². The first-order valence-electron chi connectivity index (χ1n) is 11.8. The first-order chi connectivity index (χ1) is 14.9. The molecule has 1 aromatic carbocycles. The Hall–Kier alpha value is -0.999. The van der Waals surface area contributed by atoms with Gasteiger partial charge in [0.25, 0.3) is 0 Å². The highest BCUT2D eigenvalue weighted by Crippen LogP contribution is 3.01. The lowest BCUT2D eigenvalue weighted by Crippen LogP contribution is -2.54. The monoisotopic (exact) mass is 512 g/mol. The Morgan fingerprint density at radius 1 is 0.636 bits per heavy atom. The average molecular weight is 513 g/mol. The minimum Gasteiger partial charge on any atom is -0.203 e. The summed E-state index contributed by atoms with van der Waals surface area (Å²) in [5.74, 6) is -7.97. The number of halogens is 5. The van der Waals surface area contributed by atoms with Gasteiger partial charge < -0.3 is 0 Å². The Kier molecular flexibility index (Phi) is 4.47. The molecule has 2 fully saturated rings. The van der Waals surface area contributed by atoms with E-state index < -0.39 is 63.9 Å². The van der Waals surface area contributed by atoms with Crippen molar-refractivity contribution in [3.05, 3.63) is 52.0 Å². The second kappa shape index (κ2) is 6.22. The van der Waals surface area contributed by atoms with E-state index in [4.69, 9.17) is 0 Å². The molecule has 180 valence electrons. The van der Waals surface area contributed by atoms with E-state index >= 15 is 8.78 Å². The predicted molar refractivity (Wildman–Crippen MR) is 132 cm³/mol. The molecule has 0 nitrogen and oxygen atoms in total. The normalized spacial score (nSPS) is 36.8. The number of benzene rings is 1. The van der Waals surface area contributed by atoms with Crippen LogP contribution in [0.3, 0.4) is 0 Å². The lowest BCUT2D eigenvalue weighted by atomic mass is 9.78. The third-order valence-corrected chi connectivity index (χ3v) is 18.8. The number of hydrogen-bond acceptors (Lipinski definition) is 0. The van der Waals surface area contributed by atoms with Crippen molar-refractivity contribution in [2.24, 2.45) is 23.7 Å². The van der Waals surface area contributed by atoms with E-state index in [1.165, 1.54) is 0 Å². The smallest absolute Gasteiger partial charge is 0.200 e. The van der Waals surface area contributed by atoms with Crippen molar-refractivity contribution >= 4 is 29.8 Å². The number of allylic oxidation sites excluding steroid dienone is 4. The van der Waals surface area contributed by atoms with Crippen LogP contribution < -0.4 is 0 Å². The molecule has 0 saturated heterocycles. The second-order valence-corrected chi connectivity index (χ2v) is 29.3. The third kappa shape index (κ3) is 2.28. The van der Waals surface area contributed by atoms with E-state index in [1.54, 1.807) is 0 Å². The van der Waals surface area contributed by atoms with E-state index in [1.807, 2.05) is 0 Å². The van der Waals surface area contributed by atoms with Gasteiger partial charge in [-0.3, -0.25) is 0 Å². The molecule has 33 heavy (non-hydrogen) atoms. The van der Waals surface area contributed by atoms with Crippen molar-refractivity contribution in [1.29, 1.82) is 0 Å². The minimum absolute atomic E-state index is 0.0900. The van der Waals surface area contributed by atoms with Gasteiger partial charge in [0.1, 0.15) is 0 Å². The van der Waals surface area contributed by atoms with Gasteiger partial charge in [-0.25, -0.2) is 22.0 Å². The fourth-order valence-electron chi connectivity index (χ4n) is 9.25. The van der Waals surface area contributed by atoms with Crippen LogP contribution in [0.5, 0.6) is 0 Å². The van der Waals surface area contributed by atoms with Gasteiger partial charge in [0.15, 0.2) is 23.3 Å². The molecule has 0 amide bonds. The molecule has 5 unspecified atom stereocenters. The van der Waals surface area contributed by atoms with Gasteiger partial charge in [0, 0.05) is 5.04 Å². The van der Waals surface area contributed by atoms with Crippen LogP contribution in [-0.2, 0) is 0 Å². The Morgan fingerprint density at radius 2 is 1.09 bits per heavy atom. The zero-order chi connectivity index (χ0) is 24.8. The Balaban J connectivity index is 2.01. The molecule has 1 aromatic rings. The zero-order valence-corrected chi connectivity index (χ0v) is 23.9. The maximum atomic E-state index is 15.6. The Morgan fingerprint density at radius 3 is 1.52 bits per heavy atom. The summed E-state index contributed by atoms with van der Waals surface area (Å²) in [4.78, 5) is 0. The summed E-state index contributed by atoms with van der Waals surface area (Å²) in [5.41, 5.74) is -0.0788. The van der Waals surface area contributed by atoms with Gasteiger partial charge in [0.2, 0.25) is 5.82 Å². The van der Waals surface area contributed by atoms with Crippen LogP contribution in [0, 0.1) is 52.8 Å². The van der Waals surface area contributed by atoms with Crippen LogP contribution in [0.15, 0.2) is 17.3 Å². The fourth-order valence-corrected chi connectivity index (χ4v) is 21.9. The summed E-state index contributed by atoms with van der Waals surface area (Å²) in [6, 6.07) is 0. The molecule has 0 aromatic heterocycles. The molecule has 0 spiro atoms. The molecule has 0 radical (unpaired) electrons. The molecule has 5 aliphatic rings. The van der Waals surface area contributed by atoms with E-state index in [9.17, 15) is 13.2 Å². The van der Waals surface area contributed by atoms with E-state index in [0.29, 0.717) is 17.4 Å². The van der Waals surface area contributed by atoms with Crippen LogP contribution in [-0.4, -0.2) is 24.2 Å². The third-order valence-electron chi connectivity index (χ3n) is 9.47. The summed E-state index contributed by atoms with van der Waals surface area (Å²) in [5, 5.41) is 0.448. The lowest BCUT2D eigenvalue weighted by molar-refractivity contribution is 0.372. The average Bonchev–Trinajstić information content (AvgIpc) is 3.21. The first kappa shape index (κ1) is 23.7. The topological polar surface area (TPSA) is 0 Å². The summed E-state index contributed by atoms with van der Waals surface area (Å²) in [7, 11) is -6.39. The molecule has 0 heterocycles. The number of rotatable bonds is 4. The highest BCUT2D eigenvalue weighted by atomic mass is 28.3. The van der Waals surface area contributed by atoms with Crippen molar-refractivity contribution in [3.8, 4) is 0 Å². The molecule has 6 rings (SSSR count). The van der Waals surface area contributed by atoms with E-state index in [2.05, 4.69) is 71.1 Å². The van der Waals surface area contributed by atoms with Crippen LogP contribution in [0.1, 0.15) is 5.56 Å². The van der Waals surface area contributed by atoms with Gasteiger partial charge >= 0.3 is 0 Å². The van der Waals surface area contributed by atoms with E-state index in [-0.39, 0.29) is 16.9 Å². The lowest BCUT2D eigenvalue weighted by Gasteiger charge is -2.57. The van der Waals surface area contributed by atoms with Gasteiger partial charge in [-0.2, -0.15) is 0 Å². The first-order valence-corrected chi connectivity index (χ1v) is 22.3. The SMILES string of the molecule is C[Si](C)(C)C1=C(c2c(F)c(F)c(F)c(F)c2F)[C@@]2([Si](C)(C)C)C3C=CC4C(C13)C42[Si](C)(C)C. The van der Waals surface area contributed by atoms with Crippen LogP contribution in [0.25, 0.3) is 5.57 Å².